The first-order valence-corrected chi connectivity index (χ1v) is 9.46. The summed E-state index contributed by atoms with van der Waals surface area (Å²) in [5, 5.41) is 6.65. The molecule has 1 saturated carbocycles. The molecule has 0 bridgehead atoms. The Kier molecular flexibility index (Phi) is 4.95. The Morgan fingerprint density at radius 3 is 2.81 bits per heavy atom. The van der Waals surface area contributed by atoms with E-state index in [2.05, 4.69) is 37.1 Å². The number of fused-ring (bicyclic) bond motifs is 1. The summed E-state index contributed by atoms with van der Waals surface area (Å²) in [6.45, 7) is 3.49. The molecule has 0 spiro atoms. The fraction of sp³-hybridized carbons (Fsp3) is 0.474. The average Bonchev–Trinajstić information content (AvgIpc) is 3.12. The molecule has 136 valence electrons. The second-order valence-electron chi connectivity index (χ2n) is 6.76. The molecule has 3 heterocycles. The van der Waals surface area contributed by atoms with Crippen molar-refractivity contribution >= 4 is 22.9 Å². The molecule has 3 aromatic heterocycles. The van der Waals surface area contributed by atoms with Crippen LogP contribution in [-0.4, -0.2) is 31.0 Å². The molecule has 26 heavy (non-hydrogen) atoms. The van der Waals surface area contributed by atoms with E-state index >= 15 is 0 Å². The van der Waals surface area contributed by atoms with E-state index < -0.39 is 0 Å². The van der Waals surface area contributed by atoms with Gasteiger partial charge in [-0.1, -0.05) is 25.3 Å². The largest absolute Gasteiger partial charge is 0.364 e. The minimum atomic E-state index is 0.490. The fourth-order valence-corrected chi connectivity index (χ4v) is 3.59. The number of hydrogen-bond acceptors (Lipinski definition) is 6. The summed E-state index contributed by atoms with van der Waals surface area (Å²) in [7, 11) is 0. The van der Waals surface area contributed by atoms with Gasteiger partial charge in [-0.3, -0.25) is 4.98 Å². The van der Waals surface area contributed by atoms with Crippen molar-refractivity contribution in [3.05, 3.63) is 36.4 Å². The van der Waals surface area contributed by atoms with Crippen LogP contribution >= 0.6 is 0 Å². The van der Waals surface area contributed by atoms with E-state index in [9.17, 15) is 0 Å². The molecule has 3 aromatic rings. The topological polar surface area (TPSA) is 80.5 Å². The van der Waals surface area contributed by atoms with E-state index in [0.717, 1.165) is 29.1 Å². The van der Waals surface area contributed by atoms with Crippen molar-refractivity contribution in [1.82, 2.24) is 24.5 Å². The molecule has 1 fully saturated rings. The van der Waals surface area contributed by atoms with E-state index in [1.165, 1.54) is 32.1 Å². The van der Waals surface area contributed by atoms with Crippen LogP contribution in [0.3, 0.4) is 0 Å². The third-order valence-corrected chi connectivity index (χ3v) is 4.91. The quantitative estimate of drug-likeness (QED) is 0.704. The van der Waals surface area contributed by atoms with Crippen LogP contribution in [0.15, 0.2) is 30.9 Å². The van der Waals surface area contributed by atoms with Gasteiger partial charge in [0.2, 0.25) is 5.95 Å². The lowest BCUT2D eigenvalue weighted by Gasteiger charge is -2.23. The first-order chi connectivity index (χ1) is 12.8. The first-order valence-electron chi connectivity index (χ1n) is 9.46. The molecule has 0 unspecified atom stereocenters. The van der Waals surface area contributed by atoms with Crippen molar-refractivity contribution in [1.29, 1.82) is 0 Å². The van der Waals surface area contributed by atoms with Crippen LogP contribution in [0.25, 0.3) is 11.2 Å². The molecule has 1 aliphatic carbocycles. The van der Waals surface area contributed by atoms with Gasteiger partial charge >= 0.3 is 0 Å². The lowest BCUT2D eigenvalue weighted by atomic mass is 9.95. The first kappa shape index (κ1) is 16.8. The molecule has 0 atom stereocenters. The van der Waals surface area contributed by atoms with Gasteiger partial charge in [-0.05, 0) is 31.4 Å². The minimum absolute atomic E-state index is 0.490. The van der Waals surface area contributed by atoms with Gasteiger partial charge in [-0.25, -0.2) is 4.98 Å². The van der Waals surface area contributed by atoms with Gasteiger partial charge in [0.25, 0.3) is 0 Å². The summed E-state index contributed by atoms with van der Waals surface area (Å²) in [4.78, 5) is 18.2. The highest BCUT2D eigenvalue weighted by Gasteiger charge is 2.20. The molecule has 0 aromatic carbocycles. The van der Waals surface area contributed by atoms with E-state index in [-0.39, 0.29) is 0 Å². The predicted octanol–water partition coefficient (Wildman–Crippen LogP) is 3.77. The number of rotatable bonds is 6. The van der Waals surface area contributed by atoms with Crippen LogP contribution in [-0.2, 0) is 6.54 Å². The lowest BCUT2D eigenvalue weighted by molar-refractivity contribution is 0.358. The third kappa shape index (κ3) is 3.47. The number of imidazole rings is 1. The zero-order valence-electron chi connectivity index (χ0n) is 15.1. The molecule has 4 rings (SSSR count). The summed E-state index contributed by atoms with van der Waals surface area (Å²) < 4.78 is 2.24. The van der Waals surface area contributed by atoms with Crippen molar-refractivity contribution in [3.63, 3.8) is 0 Å². The highest BCUT2D eigenvalue weighted by Crippen LogP contribution is 2.32. The number of hydrogen-bond donors (Lipinski definition) is 2. The maximum atomic E-state index is 4.74. The second-order valence-corrected chi connectivity index (χ2v) is 6.76. The van der Waals surface area contributed by atoms with Crippen LogP contribution in [0.5, 0.6) is 0 Å². The van der Waals surface area contributed by atoms with Gasteiger partial charge in [-0.15, -0.1) is 0 Å². The maximum Gasteiger partial charge on any atom is 0.226 e. The monoisotopic (exact) mass is 351 g/mol. The molecule has 2 N–H and O–H groups in total. The highest BCUT2D eigenvalue weighted by atomic mass is 15.2. The zero-order chi connectivity index (χ0) is 17.8. The van der Waals surface area contributed by atoms with Gasteiger partial charge < -0.3 is 15.2 Å². The number of nitrogens with one attached hydrogen (secondary N) is 2. The smallest absolute Gasteiger partial charge is 0.226 e. The van der Waals surface area contributed by atoms with Gasteiger partial charge in [0.1, 0.15) is 0 Å². The Balaban J connectivity index is 1.67. The normalized spacial score (nSPS) is 15.3. The number of nitrogens with zero attached hydrogens (tertiary/aromatic N) is 5. The Hall–Kier alpha value is -2.70. The Morgan fingerprint density at radius 1 is 1.15 bits per heavy atom. The molecule has 0 saturated heterocycles. The van der Waals surface area contributed by atoms with Gasteiger partial charge in [0.05, 0.1) is 6.33 Å². The molecule has 0 radical (unpaired) electrons. The standard InChI is InChI=1S/C19H25N7/c1-2-21-19-24-17(22-12-14-7-6-10-20-11-14)16-18(25-19)26(13-23-16)15-8-4-3-5-9-15/h6-7,10-11,13,15H,2-5,8-9,12H2,1H3,(H2,21,22,24,25). The number of pyridine rings is 1. The van der Waals surface area contributed by atoms with Gasteiger partial charge in [-0.2, -0.15) is 9.97 Å². The van der Waals surface area contributed by atoms with E-state index in [4.69, 9.17) is 4.98 Å². The Bertz CT molecular complexity index is 853. The zero-order valence-corrected chi connectivity index (χ0v) is 15.1. The Morgan fingerprint density at radius 2 is 2.04 bits per heavy atom. The average molecular weight is 351 g/mol. The van der Waals surface area contributed by atoms with E-state index in [1.54, 1.807) is 6.20 Å². The van der Waals surface area contributed by atoms with Crippen molar-refractivity contribution in [3.8, 4) is 0 Å². The summed E-state index contributed by atoms with van der Waals surface area (Å²) in [6, 6.07) is 4.47. The van der Waals surface area contributed by atoms with Crippen molar-refractivity contribution in [2.45, 2.75) is 51.6 Å². The summed E-state index contributed by atoms with van der Waals surface area (Å²) in [6.07, 6.45) is 11.9. The molecule has 7 nitrogen and oxygen atoms in total. The van der Waals surface area contributed by atoms with Crippen molar-refractivity contribution < 1.29 is 0 Å². The minimum Gasteiger partial charge on any atom is -0.364 e. The van der Waals surface area contributed by atoms with Crippen LogP contribution in [0.4, 0.5) is 11.8 Å². The lowest BCUT2D eigenvalue weighted by Crippen LogP contribution is -2.13. The van der Waals surface area contributed by atoms with Gasteiger partial charge in [0, 0.05) is 31.5 Å². The van der Waals surface area contributed by atoms with Gasteiger partial charge in [0.15, 0.2) is 17.0 Å². The predicted molar refractivity (Wildman–Crippen MR) is 103 cm³/mol. The molecular formula is C19H25N7. The molecule has 1 aliphatic rings. The molecule has 0 aliphatic heterocycles. The number of anilines is 2. The summed E-state index contributed by atoms with van der Waals surface area (Å²) in [5.41, 5.74) is 2.86. The van der Waals surface area contributed by atoms with Crippen molar-refractivity contribution in [2.24, 2.45) is 0 Å². The van der Waals surface area contributed by atoms with Crippen LogP contribution in [0.1, 0.15) is 50.6 Å². The van der Waals surface area contributed by atoms with Crippen LogP contribution in [0, 0.1) is 0 Å². The SMILES string of the molecule is CCNc1nc(NCc2cccnc2)c2ncn(C3CCCCC3)c2n1. The van der Waals surface area contributed by atoms with E-state index in [0.29, 0.717) is 18.5 Å². The fourth-order valence-electron chi connectivity index (χ4n) is 3.59. The summed E-state index contributed by atoms with van der Waals surface area (Å²) in [5.74, 6) is 1.41. The number of aromatic nitrogens is 5. The third-order valence-electron chi connectivity index (χ3n) is 4.91. The summed E-state index contributed by atoms with van der Waals surface area (Å²) >= 11 is 0. The molecular weight excluding hydrogens is 326 g/mol. The Labute approximate surface area is 153 Å². The highest BCUT2D eigenvalue weighted by molar-refractivity contribution is 5.84. The molecule has 7 heteroatoms. The van der Waals surface area contributed by atoms with Crippen molar-refractivity contribution in [2.75, 3.05) is 17.2 Å². The van der Waals surface area contributed by atoms with Crippen LogP contribution < -0.4 is 10.6 Å². The second kappa shape index (κ2) is 7.68. The van der Waals surface area contributed by atoms with E-state index in [1.807, 2.05) is 24.7 Å². The molecule has 0 amide bonds. The van der Waals surface area contributed by atoms with Crippen LogP contribution in [0.2, 0.25) is 0 Å². The maximum absolute atomic E-state index is 4.74.